The Morgan fingerprint density at radius 2 is 1.79 bits per heavy atom. The lowest BCUT2D eigenvalue weighted by molar-refractivity contribution is 0.340. The first kappa shape index (κ1) is 13.1. The highest BCUT2D eigenvalue weighted by atomic mass is 16.5. The van der Waals surface area contributed by atoms with Crippen LogP contribution in [0.3, 0.4) is 0 Å². The van der Waals surface area contributed by atoms with Gasteiger partial charge in [-0.15, -0.1) is 5.11 Å². The summed E-state index contributed by atoms with van der Waals surface area (Å²) in [5.41, 5.74) is 2.15. The Hall–Kier alpha value is -2.36. The number of azo groups is 1. The third-order valence-corrected chi connectivity index (χ3v) is 2.55. The molecule has 2 rings (SSSR count). The number of ether oxygens (including phenoxy) is 1. The van der Waals surface area contributed by atoms with Gasteiger partial charge in [0.2, 0.25) is 0 Å². The van der Waals surface area contributed by atoms with Crippen molar-refractivity contribution in [1.29, 1.82) is 0 Å². The molecule has 0 aliphatic rings. The number of hydrogen-bond donors (Lipinski definition) is 1. The van der Waals surface area contributed by atoms with Gasteiger partial charge in [0.1, 0.15) is 17.2 Å². The Balaban J connectivity index is 2.13. The smallest absolute Gasteiger partial charge is 0.143 e. The maximum absolute atomic E-state index is 9.71. The van der Waals surface area contributed by atoms with Crippen LogP contribution in [0.25, 0.3) is 0 Å². The van der Waals surface area contributed by atoms with Gasteiger partial charge in [-0.25, -0.2) is 0 Å². The van der Waals surface area contributed by atoms with E-state index in [4.69, 9.17) is 4.74 Å². The molecular weight excluding hydrogens is 240 g/mol. The standard InChI is InChI=1S/C15H16N2O2/c1-3-19-13-7-5-12(6-8-13)16-17-14-9-4-11(2)10-15(14)18/h4-10,18H,3H2,1-2H3. The molecule has 4 heteroatoms. The number of aromatic hydroxyl groups is 1. The van der Waals surface area contributed by atoms with E-state index in [1.807, 2.05) is 44.2 Å². The Morgan fingerprint density at radius 1 is 1.05 bits per heavy atom. The van der Waals surface area contributed by atoms with Crippen molar-refractivity contribution < 1.29 is 9.84 Å². The van der Waals surface area contributed by atoms with Gasteiger partial charge in [0.05, 0.1) is 12.3 Å². The van der Waals surface area contributed by atoms with Crippen molar-refractivity contribution in [3.63, 3.8) is 0 Å². The van der Waals surface area contributed by atoms with E-state index in [-0.39, 0.29) is 5.75 Å². The van der Waals surface area contributed by atoms with Crippen LogP contribution in [0.1, 0.15) is 12.5 Å². The van der Waals surface area contributed by atoms with Gasteiger partial charge in [-0.05, 0) is 55.8 Å². The second-order valence-corrected chi connectivity index (χ2v) is 4.12. The Bertz CT molecular complexity index is 577. The van der Waals surface area contributed by atoms with E-state index in [0.717, 1.165) is 11.3 Å². The average Bonchev–Trinajstić information content (AvgIpc) is 2.40. The molecule has 98 valence electrons. The third kappa shape index (κ3) is 3.55. The van der Waals surface area contributed by atoms with Crippen LogP contribution in [0, 0.1) is 6.92 Å². The van der Waals surface area contributed by atoms with Crippen molar-refractivity contribution in [3.05, 3.63) is 48.0 Å². The number of hydrogen-bond acceptors (Lipinski definition) is 4. The molecule has 0 fully saturated rings. The van der Waals surface area contributed by atoms with E-state index in [9.17, 15) is 5.11 Å². The van der Waals surface area contributed by atoms with Crippen LogP contribution in [0.4, 0.5) is 11.4 Å². The summed E-state index contributed by atoms with van der Waals surface area (Å²) < 4.78 is 5.34. The second-order valence-electron chi connectivity index (χ2n) is 4.12. The van der Waals surface area contributed by atoms with E-state index in [0.29, 0.717) is 18.0 Å². The minimum atomic E-state index is 0.134. The van der Waals surface area contributed by atoms with Gasteiger partial charge < -0.3 is 9.84 Å². The van der Waals surface area contributed by atoms with Gasteiger partial charge >= 0.3 is 0 Å². The topological polar surface area (TPSA) is 54.2 Å². The average molecular weight is 256 g/mol. The van der Waals surface area contributed by atoms with Crippen LogP contribution in [0.2, 0.25) is 0 Å². The van der Waals surface area contributed by atoms with Crippen molar-refractivity contribution in [2.45, 2.75) is 13.8 Å². The molecular formula is C15H16N2O2. The minimum Gasteiger partial charge on any atom is -0.506 e. The molecule has 2 aromatic rings. The molecule has 4 nitrogen and oxygen atoms in total. The van der Waals surface area contributed by atoms with Crippen molar-refractivity contribution in [1.82, 2.24) is 0 Å². The van der Waals surface area contributed by atoms with Crippen LogP contribution in [-0.4, -0.2) is 11.7 Å². The lowest BCUT2D eigenvalue weighted by Crippen LogP contribution is -1.89. The molecule has 0 saturated heterocycles. The lowest BCUT2D eigenvalue weighted by atomic mass is 10.2. The number of phenols is 1. The summed E-state index contributed by atoms with van der Waals surface area (Å²) in [5.74, 6) is 0.939. The van der Waals surface area contributed by atoms with E-state index < -0.39 is 0 Å². The Morgan fingerprint density at radius 3 is 2.42 bits per heavy atom. The zero-order valence-electron chi connectivity index (χ0n) is 11.0. The second kappa shape index (κ2) is 6.00. The molecule has 2 aromatic carbocycles. The summed E-state index contributed by atoms with van der Waals surface area (Å²) in [6.45, 7) is 4.49. The molecule has 0 heterocycles. The molecule has 1 N–H and O–H groups in total. The van der Waals surface area contributed by atoms with Gasteiger partial charge in [-0.1, -0.05) is 6.07 Å². The predicted molar refractivity (Wildman–Crippen MR) is 74.6 cm³/mol. The zero-order chi connectivity index (χ0) is 13.7. The van der Waals surface area contributed by atoms with Gasteiger partial charge in [0, 0.05) is 0 Å². The van der Waals surface area contributed by atoms with E-state index in [1.165, 1.54) is 0 Å². The Labute approximate surface area is 112 Å². The zero-order valence-corrected chi connectivity index (χ0v) is 11.0. The van der Waals surface area contributed by atoms with E-state index >= 15 is 0 Å². The largest absolute Gasteiger partial charge is 0.506 e. The quantitative estimate of drug-likeness (QED) is 0.818. The molecule has 19 heavy (non-hydrogen) atoms. The summed E-state index contributed by atoms with van der Waals surface area (Å²) in [6, 6.07) is 12.6. The van der Waals surface area contributed by atoms with Crippen molar-refractivity contribution in [3.8, 4) is 11.5 Å². The van der Waals surface area contributed by atoms with E-state index in [2.05, 4.69) is 10.2 Å². The van der Waals surface area contributed by atoms with E-state index in [1.54, 1.807) is 12.1 Å². The lowest BCUT2D eigenvalue weighted by Gasteiger charge is -2.02. The molecule has 0 amide bonds. The fourth-order valence-electron chi connectivity index (χ4n) is 1.61. The molecule has 0 aliphatic carbocycles. The van der Waals surface area contributed by atoms with Crippen LogP contribution in [-0.2, 0) is 0 Å². The molecule has 0 unspecified atom stereocenters. The molecule has 0 spiro atoms. The van der Waals surface area contributed by atoms with Gasteiger partial charge in [-0.3, -0.25) is 0 Å². The third-order valence-electron chi connectivity index (χ3n) is 2.55. The summed E-state index contributed by atoms with van der Waals surface area (Å²) in [5, 5.41) is 17.8. The van der Waals surface area contributed by atoms with Crippen molar-refractivity contribution in [2.24, 2.45) is 10.2 Å². The molecule has 0 bridgehead atoms. The fraction of sp³-hybridized carbons (Fsp3) is 0.200. The summed E-state index contributed by atoms with van der Waals surface area (Å²) in [4.78, 5) is 0. The minimum absolute atomic E-state index is 0.134. The number of benzene rings is 2. The highest BCUT2D eigenvalue weighted by molar-refractivity contribution is 5.52. The number of rotatable bonds is 4. The van der Waals surface area contributed by atoms with Crippen LogP contribution in [0.15, 0.2) is 52.7 Å². The molecule has 0 saturated carbocycles. The fourth-order valence-corrected chi connectivity index (χ4v) is 1.61. The Kier molecular flexibility index (Phi) is 4.13. The highest BCUT2D eigenvalue weighted by Gasteiger charge is 1.99. The first-order chi connectivity index (χ1) is 9.19. The van der Waals surface area contributed by atoms with Crippen molar-refractivity contribution >= 4 is 11.4 Å². The van der Waals surface area contributed by atoms with Gasteiger partial charge in [0.25, 0.3) is 0 Å². The normalized spacial score (nSPS) is 10.8. The molecule has 0 aliphatic heterocycles. The summed E-state index contributed by atoms with van der Waals surface area (Å²) in [6.07, 6.45) is 0. The number of aryl methyl sites for hydroxylation is 1. The van der Waals surface area contributed by atoms with Crippen LogP contribution >= 0.6 is 0 Å². The van der Waals surface area contributed by atoms with Gasteiger partial charge in [0.15, 0.2) is 0 Å². The monoisotopic (exact) mass is 256 g/mol. The summed E-state index contributed by atoms with van der Waals surface area (Å²) in [7, 11) is 0. The molecule has 0 aromatic heterocycles. The molecule has 0 radical (unpaired) electrons. The first-order valence-electron chi connectivity index (χ1n) is 6.13. The maximum atomic E-state index is 9.71. The molecule has 0 atom stereocenters. The predicted octanol–water partition coefficient (Wildman–Crippen LogP) is 4.51. The SMILES string of the molecule is CCOc1ccc(N=Nc2ccc(C)cc2O)cc1. The highest BCUT2D eigenvalue weighted by Crippen LogP contribution is 2.29. The van der Waals surface area contributed by atoms with Crippen LogP contribution in [0.5, 0.6) is 11.5 Å². The maximum Gasteiger partial charge on any atom is 0.143 e. The van der Waals surface area contributed by atoms with Gasteiger partial charge in [-0.2, -0.15) is 5.11 Å². The number of phenolic OH excluding ortho intramolecular Hbond substituents is 1. The van der Waals surface area contributed by atoms with Crippen molar-refractivity contribution in [2.75, 3.05) is 6.61 Å². The number of nitrogens with zero attached hydrogens (tertiary/aromatic N) is 2. The first-order valence-corrected chi connectivity index (χ1v) is 6.13. The van der Waals surface area contributed by atoms with Crippen LogP contribution < -0.4 is 4.74 Å². The summed E-state index contributed by atoms with van der Waals surface area (Å²) >= 11 is 0.